The molecule has 23 heavy (non-hydrogen) atoms. The van der Waals surface area contributed by atoms with Crippen molar-refractivity contribution in [1.29, 1.82) is 0 Å². The van der Waals surface area contributed by atoms with Gasteiger partial charge in [0.1, 0.15) is 5.69 Å². The van der Waals surface area contributed by atoms with Gasteiger partial charge in [0, 0.05) is 16.6 Å². The van der Waals surface area contributed by atoms with Gasteiger partial charge in [0.2, 0.25) is 0 Å². The van der Waals surface area contributed by atoms with Crippen molar-refractivity contribution in [2.24, 2.45) is 0 Å². The topological polar surface area (TPSA) is 42.0 Å². The van der Waals surface area contributed by atoms with Crippen LogP contribution in [-0.4, -0.2) is 10.9 Å². The van der Waals surface area contributed by atoms with Crippen molar-refractivity contribution in [2.45, 2.75) is 6.92 Å². The molecule has 0 saturated carbocycles. The Morgan fingerprint density at radius 1 is 1.09 bits per heavy atom. The molecule has 0 spiro atoms. The quantitative estimate of drug-likeness (QED) is 0.723. The second kappa shape index (κ2) is 6.91. The van der Waals surface area contributed by atoms with Crippen LogP contribution in [0, 0.1) is 18.8 Å². The zero-order valence-corrected chi connectivity index (χ0v) is 13.4. The van der Waals surface area contributed by atoms with Crippen molar-refractivity contribution < 1.29 is 4.79 Å². The number of rotatable bonds is 2. The van der Waals surface area contributed by atoms with Crippen molar-refractivity contribution in [3.8, 4) is 11.8 Å². The molecule has 0 fully saturated rings. The summed E-state index contributed by atoms with van der Waals surface area (Å²) in [6, 6.07) is 17.4. The lowest BCUT2D eigenvalue weighted by molar-refractivity contribution is 0.102. The number of aromatic nitrogens is 1. The van der Waals surface area contributed by atoms with E-state index in [0.29, 0.717) is 10.7 Å². The van der Waals surface area contributed by atoms with Crippen LogP contribution in [0.4, 0.5) is 5.69 Å². The highest BCUT2D eigenvalue weighted by Gasteiger charge is 2.10. The van der Waals surface area contributed by atoms with Crippen LogP contribution in [0.5, 0.6) is 0 Å². The maximum atomic E-state index is 12.2. The monoisotopic (exact) mass is 318 g/mol. The summed E-state index contributed by atoms with van der Waals surface area (Å²) in [4.78, 5) is 16.5. The summed E-state index contributed by atoms with van der Waals surface area (Å²) in [5, 5.41) is 5.19. The van der Waals surface area contributed by atoms with E-state index in [0.717, 1.165) is 16.8 Å². The first kappa shape index (κ1) is 15.0. The smallest absolute Gasteiger partial charge is 0.275 e. The normalized spacial score (nSPS) is 9.78. The zero-order chi connectivity index (χ0) is 16.1. The van der Waals surface area contributed by atoms with Gasteiger partial charge in [0.15, 0.2) is 5.01 Å². The van der Waals surface area contributed by atoms with Gasteiger partial charge < -0.3 is 5.32 Å². The molecule has 0 bridgehead atoms. The van der Waals surface area contributed by atoms with E-state index >= 15 is 0 Å². The molecule has 0 aliphatic rings. The summed E-state index contributed by atoms with van der Waals surface area (Å²) in [5.74, 6) is 5.80. The van der Waals surface area contributed by atoms with E-state index in [9.17, 15) is 4.79 Å². The first-order valence-corrected chi connectivity index (χ1v) is 7.99. The van der Waals surface area contributed by atoms with E-state index in [1.165, 1.54) is 11.3 Å². The molecule has 0 aliphatic heterocycles. The van der Waals surface area contributed by atoms with E-state index in [4.69, 9.17) is 0 Å². The van der Waals surface area contributed by atoms with Crippen molar-refractivity contribution in [3.63, 3.8) is 0 Å². The van der Waals surface area contributed by atoms with E-state index in [1.54, 1.807) is 5.38 Å². The van der Waals surface area contributed by atoms with Crippen molar-refractivity contribution in [1.82, 2.24) is 4.98 Å². The number of aryl methyl sites for hydroxylation is 1. The van der Waals surface area contributed by atoms with Crippen LogP contribution in [0.2, 0.25) is 0 Å². The minimum Gasteiger partial charge on any atom is -0.321 e. The summed E-state index contributed by atoms with van der Waals surface area (Å²) in [5.41, 5.74) is 3.16. The number of carbonyl (C=O) groups excluding carboxylic acids is 1. The minimum atomic E-state index is -0.223. The molecule has 112 valence electrons. The average molecular weight is 318 g/mol. The SMILES string of the molecule is Cc1cccc(NC(=O)c2csc(C#Cc3ccccc3)n2)c1. The molecule has 1 heterocycles. The van der Waals surface area contributed by atoms with Gasteiger partial charge >= 0.3 is 0 Å². The summed E-state index contributed by atoms with van der Waals surface area (Å²) < 4.78 is 0. The molecular formula is C19H14N2OS. The fourth-order valence-corrected chi connectivity index (χ4v) is 2.64. The van der Waals surface area contributed by atoms with Gasteiger partial charge in [-0.15, -0.1) is 11.3 Å². The highest BCUT2D eigenvalue weighted by Crippen LogP contribution is 2.13. The van der Waals surface area contributed by atoms with Crippen molar-refractivity contribution >= 4 is 22.9 Å². The number of nitrogens with zero attached hydrogens (tertiary/aromatic N) is 1. The van der Waals surface area contributed by atoms with Gasteiger partial charge in [0.05, 0.1) is 0 Å². The number of hydrogen-bond acceptors (Lipinski definition) is 3. The van der Waals surface area contributed by atoms with Crippen LogP contribution in [0.1, 0.15) is 26.6 Å². The van der Waals surface area contributed by atoms with Crippen LogP contribution in [0.3, 0.4) is 0 Å². The fourth-order valence-electron chi connectivity index (χ4n) is 2.00. The summed E-state index contributed by atoms with van der Waals surface area (Å²) in [7, 11) is 0. The molecule has 1 amide bonds. The van der Waals surface area contributed by atoms with Gasteiger partial charge in [-0.05, 0) is 42.7 Å². The highest BCUT2D eigenvalue weighted by atomic mass is 32.1. The summed E-state index contributed by atoms with van der Waals surface area (Å²) in [6.07, 6.45) is 0. The Hall–Kier alpha value is -2.90. The molecule has 1 aromatic heterocycles. The second-order valence-electron chi connectivity index (χ2n) is 4.98. The Morgan fingerprint density at radius 3 is 2.70 bits per heavy atom. The Kier molecular flexibility index (Phi) is 4.51. The first-order valence-electron chi connectivity index (χ1n) is 7.11. The van der Waals surface area contributed by atoms with Crippen molar-refractivity contribution in [3.05, 3.63) is 81.8 Å². The third-order valence-corrected chi connectivity index (χ3v) is 3.86. The lowest BCUT2D eigenvalue weighted by Crippen LogP contribution is -2.12. The number of amides is 1. The Morgan fingerprint density at radius 2 is 1.91 bits per heavy atom. The third kappa shape index (κ3) is 4.06. The maximum Gasteiger partial charge on any atom is 0.275 e. The number of thiazole rings is 1. The Balaban J connectivity index is 1.72. The summed E-state index contributed by atoms with van der Waals surface area (Å²) >= 11 is 1.37. The number of anilines is 1. The first-order chi connectivity index (χ1) is 11.2. The second-order valence-corrected chi connectivity index (χ2v) is 5.84. The van der Waals surface area contributed by atoms with Crippen LogP contribution in [0.15, 0.2) is 60.0 Å². The largest absolute Gasteiger partial charge is 0.321 e. The van der Waals surface area contributed by atoms with Crippen LogP contribution < -0.4 is 5.32 Å². The zero-order valence-electron chi connectivity index (χ0n) is 12.5. The van der Waals surface area contributed by atoms with Gasteiger partial charge in [-0.1, -0.05) is 36.3 Å². The number of carbonyl (C=O) groups is 1. The van der Waals surface area contributed by atoms with E-state index in [-0.39, 0.29) is 5.91 Å². The molecule has 4 heteroatoms. The molecule has 3 rings (SSSR count). The highest BCUT2D eigenvalue weighted by molar-refractivity contribution is 7.10. The van der Waals surface area contributed by atoms with Crippen LogP contribution in [0.25, 0.3) is 0 Å². The predicted octanol–water partition coefficient (Wildman–Crippen LogP) is 4.10. The molecule has 0 unspecified atom stereocenters. The van der Waals surface area contributed by atoms with Gasteiger partial charge in [-0.25, -0.2) is 4.98 Å². The molecule has 1 N–H and O–H groups in total. The molecule has 2 aromatic carbocycles. The molecule has 3 aromatic rings. The lowest BCUT2D eigenvalue weighted by Gasteiger charge is -2.03. The summed E-state index contributed by atoms with van der Waals surface area (Å²) in [6.45, 7) is 1.98. The predicted molar refractivity (Wildman–Crippen MR) is 93.7 cm³/mol. The van der Waals surface area contributed by atoms with Gasteiger partial charge in [-0.3, -0.25) is 4.79 Å². The lowest BCUT2D eigenvalue weighted by atomic mass is 10.2. The molecular weight excluding hydrogens is 304 g/mol. The number of benzene rings is 2. The Labute approximate surface area is 139 Å². The van der Waals surface area contributed by atoms with Crippen LogP contribution in [-0.2, 0) is 0 Å². The van der Waals surface area contributed by atoms with E-state index in [1.807, 2.05) is 61.5 Å². The molecule has 3 nitrogen and oxygen atoms in total. The number of hydrogen-bond donors (Lipinski definition) is 1. The van der Waals surface area contributed by atoms with Crippen LogP contribution >= 0.6 is 11.3 Å². The fraction of sp³-hybridized carbons (Fsp3) is 0.0526. The molecule has 0 atom stereocenters. The molecule has 0 aliphatic carbocycles. The average Bonchev–Trinajstić information content (AvgIpc) is 3.03. The Bertz CT molecular complexity index is 888. The van der Waals surface area contributed by atoms with Gasteiger partial charge in [-0.2, -0.15) is 0 Å². The standard InChI is InChI=1S/C19H14N2OS/c1-14-6-5-9-16(12-14)20-19(22)17-13-23-18(21-17)11-10-15-7-3-2-4-8-15/h2-9,12-13H,1H3,(H,20,22). The minimum absolute atomic E-state index is 0.223. The van der Waals surface area contributed by atoms with Crippen molar-refractivity contribution in [2.75, 3.05) is 5.32 Å². The molecule has 0 radical (unpaired) electrons. The maximum absolute atomic E-state index is 12.2. The molecule has 0 saturated heterocycles. The number of nitrogens with one attached hydrogen (secondary N) is 1. The third-order valence-electron chi connectivity index (χ3n) is 3.10. The van der Waals surface area contributed by atoms with E-state index in [2.05, 4.69) is 22.1 Å². The van der Waals surface area contributed by atoms with E-state index < -0.39 is 0 Å². The van der Waals surface area contributed by atoms with Gasteiger partial charge in [0.25, 0.3) is 5.91 Å².